The minimum atomic E-state index is -0.274. The molecule has 0 aliphatic heterocycles. The SMILES string of the molecule is CC(C)CSc1nc(=O)[nH]n1C. The molecule has 12 heavy (non-hydrogen) atoms. The number of nitrogens with zero attached hydrogens (tertiary/aromatic N) is 2. The van der Waals surface area contributed by atoms with Crippen molar-refractivity contribution in [1.29, 1.82) is 0 Å². The van der Waals surface area contributed by atoms with Crippen molar-refractivity contribution in [3.8, 4) is 0 Å². The minimum absolute atomic E-state index is 0.274. The van der Waals surface area contributed by atoms with Crippen LogP contribution in [0.1, 0.15) is 13.8 Å². The van der Waals surface area contributed by atoms with Crippen LogP contribution in [0, 0.1) is 5.92 Å². The van der Waals surface area contributed by atoms with Crippen LogP contribution in [0.2, 0.25) is 0 Å². The first-order valence-corrected chi connectivity index (χ1v) is 4.84. The highest BCUT2D eigenvalue weighted by Crippen LogP contribution is 2.15. The van der Waals surface area contributed by atoms with Crippen LogP contribution < -0.4 is 5.69 Å². The van der Waals surface area contributed by atoms with Gasteiger partial charge in [-0.25, -0.2) is 9.89 Å². The summed E-state index contributed by atoms with van der Waals surface area (Å²) in [5.41, 5.74) is -0.274. The molecule has 0 aliphatic carbocycles. The third kappa shape index (κ3) is 2.41. The maximum atomic E-state index is 10.8. The summed E-state index contributed by atoms with van der Waals surface area (Å²) in [6.45, 7) is 4.27. The summed E-state index contributed by atoms with van der Waals surface area (Å²) in [6, 6.07) is 0. The fourth-order valence-corrected chi connectivity index (χ4v) is 1.62. The second-order valence-corrected chi connectivity index (χ2v) is 4.06. The summed E-state index contributed by atoms with van der Waals surface area (Å²) in [7, 11) is 1.79. The lowest BCUT2D eigenvalue weighted by Gasteiger charge is -2.02. The van der Waals surface area contributed by atoms with Gasteiger partial charge in [0, 0.05) is 12.8 Å². The highest BCUT2D eigenvalue weighted by molar-refractivity contribution is 7.99. The van der Waals surface area contributed by atoms with Crippen molar-refractivity contribution >= 4 is 11.8 Å². The third-order valence-electron chi connectivity index (χ3n) is 1.29. The third-order valence-corrected chi connectivity index (χ3v) is 2.75. The summed E-state index contributed by atoms with van der Waals surface area (Å²) in [5.74, 6) is 1.60. The molecular formula is C7H13N3OS. The molecule has 0 amide bonds. The molecule has 0 radical (unpaired) electrons. The van der Waals surface area contributed by atoms with Crippen LogP contribution in [0.15, 0.2) is 9.95 Å². The first-order valence-electron chi connectivity index (χ1n) is 3.85. The zero-order chi connectivity index (χ0) is 9.14. The Hall–Kier alpha value is -0.710. The van der Waals surface area contributed by atoms with E-state index in [0.29, 0.717) is 5.92 Å². The normalized spacial score (nSPS) is 11.0. The Bertz CT molecular complexity index is 302. The molecule has 68 valence electrons. The van der Waals surface area contributed by atoms with E-state index in [0.717, 1.165) is 10.9 Å². The van der Waals surface area contributed by atoms with Crippen molar-refractivity contribution in [1.82, 2.24) is 14.8 Å². The lowest BCUT2D eigenvalue weighted by atomic mass is 10.3. The van der Waals surface area contributed by atoms with Crippen molar-refractivity contribution < 1.29 is 0 Å². The number of nitrogens with one attached hydrogen (secondary N) is 1. The van der Waals surface area contributed by atoms with E-state index in [2.05, 4.69) is 23.9 Å². The zero-order valence-electron chi connectivity index (χ0n) is 7.50. The molecule has 0 aliphatic rings. The molecule has 0 saturated carbocycles. The molecule has 1 N–H and O–H groups in total. The van der Waals surface area contributed by atoms with Crippen LogP contribution in [0.5, 0.6) is 0 Å². The van der Waals surface area contributed by atoms with Crippen molar-refractivity contribution in [2.75, 3.05) is 5.75 Å². The highest BCUT2D eigenvalue weighted by Gasteiger charge is 2.03. The van der Waals surface area contributed by atoms with Crippen molar-refractivity contribution in [3.05, 3.63) is 10.5 Å². The van der Waals surface area contributed by atoms with Gasteiger partial charge in [0.1, 0.15) is 0 Å². The second-order valence-electron chi connectivity index (χ2n) is 3.08. The topological polar surface area (TPSA) is 50.7 Å². The van der Waals surface area contributed by atoms with Crippen molar-refractivity contribution in [2.24, 2.45) is 13.0 Å². The minimum Gasteiger partial charge on any atom is -0.264 e. The Balaban J connectivity index is 2.63. The zero-order valence-corrected chi connectivity index (χ0v) is 8.31. The van der Waals surface area contributed by atoms with Gasteiger partial charge in [-0.1, -0.05) is 25.6 Å². The number of rotatable bonds is 3. The first kappa shape index (κ1) is 9.38. The standard InChI is InChI=1S/C7H13N3OS/c1-5(2)4-12-7-8-6(11)9-10(7)3/h5H,4H2,1-3H3,(H,9,11). The van der Waals surface area contributed by atoms with E-state index in [4.69, 9.17) is 0 Å². The van der Waals surface area contributed by atoms with Gasteiger partial charge in [0.2, 0.25) is 0 Å². The van der Waals surface area contributed by atoms with E-state index in [9.17, 15) is 4.79 Å². The van der Waals surface area contributed by atoms with Crippen LogP contribution >= 0.6 is 11.8 Å². The van der Waals surface area contributed by atoms with E-state index in [1.54, 1.807) is 23.5 Å². The monoisotopic (exact) mass is 187 g/mol. The van der Waals surface area contributed by atoms with Crippen molar-refractivity contribution in [2.45, 2.75) is 19.0 Å². The van der Waals surface area contributed by atoms with Gasteiger partial charge < -0.3 is 0 Å². The predicted molar refractivity (Wildman–Crippen MR) is 49.4 cm³/mol. The van der Waals surface area contributed by atoms with Gasteiger partial charge in [-0.15, -0.1) is 0 Å². The summed E-state index contributed by atoms with van der Waals surface area (Å²) in [5, 5.41) is 3.32. The van der Waals surface area contributed by atoms with Gasteiger partial charge >= 0.3 is 5.69 Å². The van der Waals surface area contributed by atoms with Crippen LogP contribution in [0.25, 0.3) is 0 Å². The average molecular weight is 187 g/mol. The lowest BCUT2D eigenvalue weighted by molar-refractivity contribution is 0.677. The van der Waals surface area contributed by atoms with E-state index in [1.165, 1.54) is 0 Å². The van der Waals surface area contributed by atoms with Gasteiger partial charge in [-0.2, -0.15) is 4.98 Å². The molecule has 0 unspecified atom stereocenters. The molecule has 0 fully saturated rings. The summed E-state index contributed by atoms with van der Waals surface area (Å²) < 4.78 is 1.65. The van der Waals surface area contributed by atoms with E-state index >= 15 is 0 Å². The van der Waals surface area contributed by atoms with Gasteiger partial charge in [-0.3, -0.25) is 4.68 Å². The fraction of sp³-hybridized carbons (Fsp3) is 0.714. The van der Waals surface area contributed by atoms with Gasteiger partial charge in [0.15, 0.2) is 5.16 Å². The first-order chi connectivity index (χ1) is 5.59. The number of H-pyrrole nitrogens is 1. The Labute approximate surface area is 75.4 Å². The van der Waals surface area contributed by atoms with Crippen molar-refractivity contribution in [3.63, 3.8) is 0 Å². The van der Waals surface area contributed by atoms with E-state index in [-0.39, 0.29) is 5.69 Å². The molecule has 1 aromatic rings. The molecule has 1 rings (SSSR count). The number of aryl methyl sites for hydroxylation is 1. The van der Waals surface area contributed by atoms with Crippen LogP contribution in [0.3, 0.4) is 0 Å². The van der Waals surface area contributed by atoms with E-state index in [1.807, 2.05) is 0 Å². The van der Waals surface area contributed by atoms with Crippen LogP contribution in [0.4, 0.5) is 0 Å². The molecule has 0 saturated heterocycles. The number of aromatic amines is 1. The molecule has 0 bridgehead atoms. The summed E-state index contributed by atoms with van der Waals surface area (Å²) >= 11 is 1.60. The highest BCUT2D eigenvalue weighted by atomic mass is 32.2. The largest absolute Gasteiger partial charge is 0.362 e. The van der Waals surface area contributed by atoms with Crippen LogP contribution in [-0.2, 0) is 7.05 Å². The fourth-order valence-electron chi connectivity index (χ4n) is 0.748. The average Bonchev–Trinajstić information content (AvgIpc) is 2.26. The lowest BCUT2D eigenvalue weighted by Crippen LogP contribution is -2.03. The number of thioether (sulfide) groups is 1. The molecule has 0 spiro atoms. The summed E-state index contributed by atoms with van der Waals surface area (Å²) in [6.07, 6.45) is 0. The maximum absolute atomic E-state index is 10.8. The quantitative estimate of drug-likeness (QED) is 0.714. The molecule has 1 heterocycles. The van der Waals surface area contributed by atoms with Gasteiger partial charge in [-0.05, 0) is 5.92 Å². The molecule has 1 aromatic heterocycles. The Kier molecular flexibility index (Phi) is 2.97. The Morgan fingerprint density at radius 3 is 2.75 bits per heavy atom. The molecular weight excluding hydrogens is 174 g/mol. The maximum Gasteiger partial charge on any atom is 0.362 e. The summed E-state index contributed by atoms with van der Waals surface area (Å²) in [4.78, 5) is 14.6. The predicted octanol–water partition coefficient (Wildman–Crippen LogP) is 0.857. The molecule has 4 nitrogen and oxygen atoms in total. The molecule has 5 heteroatoms. The second kappa shape index (κ2) is 3.80. The number of hydrogen-bond acceptors (Lipinski definition) is 3. The van der Waals surface area contributed by atoms with Gasteiger partial charge in [0.25, 0.3) is 0 Å². The van der Waals surface area contributed by atoms with E-state index < -0.39 is 0 Å². The smallest absolute Gasteiger partial charge is 0.264 e. The number of hydrogen-bond donors (Lipinski definition) is 1. The number of aromatic nitrogens is 3. The Morgan fingerprint density at radius 2 is 2.33 bits per heavy atom. The molecule has 0 atom stereocenters. The Morgan fingerprint density at radius 1 is 1.67 bits per heavy atom. The molecule has 0 aromatic carbocycles. The van der Waals surface area contributed by atoms with Gasteiger partial charge in [0.05, 0.1) is 0 Å². The van der Waals surface area contributed by atoms with Crippen LogP contribution in [-0.4, -0.2) is 20.5 Å².